The van der Waals surface area contributed by atoms with E-state index >= 15 is 0 Å². The Morgan fingerprint density at radius 2 is 0.881 bits per heavy atom. The molecule has 200 valence electrons. The standard InChI is InChI=1S/C40H28OS/c1-41-33-22-18-29(19-23-33)27-12-10-26(11-13-27)28-14-16-32(17-15-28)38-39-34-8-4-2-6-30(34)20-24-36(39)42-37-25-21-31-7-3-5-9-35(31)40(37)38/h2-25,38H,1H3. The van der Waals surface area contributed by atoms with Crippen LogP contribution in [0.1, 0.15) is 22.6 Å². The molecule has 0 aromatic heterocycles. The van der Waals surface area contributed by atoms with Gasteiger partial charge in [-0.2, -0.15) is 0 Å². The Bertz CT molecular complexity index is 1990. The van der Waals surface area contributed by atoms with Gasteiger partial charge in [0, 0.05) is 15.7 Å². The summed E-state index contributed by atoms with van der Waals surface area (Å²) in [5.41, 5.74) is 8.98. The van der Waals surface area contributed by atoms with E-state index in [2.05, 4.69) is 133 Å². The van der Waals surface area contributed by atoms with Crippen molar-refractivity contribution in [2.24, 2.45) is 0 Å². The first-order chi connectivity index (χ1) is 20.8. The van der Waals surface area contributed by atoms with Crippen molar-refractivity contribution in [2.45, 2.75) is 15.7 Å². The van der Waals surface area contributed by atoms with E-state index in [1.54, 1.807) is 7.11 Å². The van der Waals surface area contributed by atoms with Crippen molar-refractivity contribution in [1.82, 2.24) is 0 Å². The molecule has 0 unspecified atom stereocenters. The molecule has 42 heavy (non-hydrogen) atoms. The smallest absolute Gasteiger partial charge is 0.118 e. The van der Waals surface area contributed by atoms with Crippen LogP contribution in [0.15, 0.2) is 155 Å². The second kappa shape index (κ2) is 10.2. The van der Waals surface area contributed by atoms with Gasteiger partial charge in [-0.05, 0) is 84.8 Å². The zero-order valence-electron chi connectivity index (χ0n) is 23.3. The lowest BCUT2D eigenvalue weighted by Gasteiger charge is -2.31. The summed E-state index contributed by atoms with van der Waals surface area (Å²) in [6, 6.07) is 53.1. The van der Waals surface area contributed by atoms with Gasteiger partial charge in [-0.25, -0.2) is 0 Å². The predicted molar refractivity (Wildman–Crippen MR) is 177 cm³/mol. The average Bonchev–Trinajstić information content (AvgIpc) is 3.07. The van der Waals surface area contributed by atoms with E-state index in [4.69, 9.17) is 4.74 Å². The summed E-state index contributed by atoms with van der Waals surface area (Å²) < 4.78 is 5.32. The van der Waals surface area contributed by atoms with Crippen LogP contribution in [-0.4, -0.2) is 7.11 Å². The number of benzene rings is 7. The molecule has 0 radical (unpaired) electrons. The van der Waals surface area contributed by atoms with Gasteiger partial charge in [-0.15, -0.1) is 0 Å². The summed E-state index contributed by atoms with van der Waals surface area (Å²) in [5, 5.41) is 5.26. The van der Waals surface area contributed by atoms with E-state index in [1.807, 2.05) is 23.9 Å². The monoisotopic (exact) mass is 556 g/mol. The second-order valence-corrected chi connectivity index (χ2v) is 11.9. The highest BCUT2D eigenvalue weighted by molar-refractivity contribution is 7.99. The topological polar surface area (TPSA) is 9.23 Å². The van der Waals surface area contributed by atoms with Crippen LogP contribution >= 0.6 is 11.8 Å². The molecule has 0 fully saturated rings. The Labute approximate surface area is 250 Å². The lowest BCUT2D eigenvalue weighted by atomic mass is 9.80. The van der Waals surface area contributed by atoms with Gasteiger partial charge in [0.05, 0.1) is 7.11 Å². The second-order valence-electron chi connectivity index (χ2n) is 10.9. The maximum absolute atomic E-state index is 5.32. The highest BCUT2D eigenvalue weighted by Gasteiger charge is 2.31. The van der Waals surface area contributed by atoms with Gasteiger partial charge >= 0.3 is 0 Å². The lowest BCUT2D eigenvalue weighted by Crippen LogP contribution is -2.11. The molecule has 7 aromatic rings. The molecule has 0 atom stereocenters. The summed E-state index contributed by atoms with van der Waals surface area (Å²) in [5.74, 6) is 1.03. The van der Waals surface area contributed by atoms with E-state index in [1.165, 1.54) is 70.3 Å². The maximum atomic E-state index is 5.32. The number of methoxy groups -OCH3 is 1. The van der Waals surface area contributed by atoms with Crippen molar-refractivity contribution < 1.29 is 4.74 Å². The van der Waals surface area contributed by atoms with Crippen LogP contribution in [0.2, 0.25) is 0 Å². The molecular formula is C40H28OS. The van der Waals surface area contributed by atoms with Crippen molar-refractivity contribution in [3.63, 3.8) is 0 Å². The molecule has 1 heterocycles. The molecule has 0 spiro atoms. The molecule has 0 aliphatic carbocycles. The van der Waals surface area contributed by atoms with Crippen LogP contribution in [0.3, 0.4) is 0 Å². The molecule has 7 aromatic carbocycles. The average molecular weight is 557 g/mol. The first-order valence-corrected chi connectivity index (χ1v) is 15.1. The van der Waals surface area contributed by atoms with E-state index in [0.717, 1.165) is 5.75 Å². The largest absolute Gasteiger partial charge is 0.497 e. The van der Waals surface area contributed by atoms with Gasteiger partial charge in [-0.3, -0.25) is 0 Å². The van der Waals surface area contributed by atoms with E-state index < -0.39 is 0 Å². The van der Waals surface area contributed by atoms with E-state index in [9.17, 15) is 0 Å². The normalized spacial score (nSPS) is 12.7. The molecule has 1 aliphatic rings. The quantitative estimate of drug-likeness (QED) is 0.213. The van der Waals surface area contributed by atoms with Crippen LogP contribution in [0, 0.1) is 0 Å². The summed E-state index contributed by atoms with van der Waals surface area (Å²) in [6.45, 7) is 0. The molecule has 2 heteroatoms. The van der Waals surface area contributed by atoms with Crippen molar-refractivity contribution in [3.8, 4) is 28.0 Å². The number of ether oxygens (including phenoxy) is 1. The Hall–Kier alpha value is -4.79. The van der Waals surface area contributed by atoms with E-state index in [-0.39, 0.29) is 5.92 Å². The molecule has 0 bridgehead atoms. The minimum atomic E-state index is 0.153. The zero-order valence-corrected chi connectivity index (χ0v) is 24.1. The predicted octanol–water partition coefficient (Wildman–Crippen LogP) is 11.0. The number of hydrogen-bond acceptors (Lipinski definition) is 2. The minimum Gasteiger partial charge on any atom is -0.497 e. The molecule has 0 saturated heterocycles. The first-order valence-electron chi connectivity index (χ1n) is 14.3. The molecule has 1 nitrogen and oxygen atoms in total. The highest BCUT2D eigenvalue weighted by atomic mass is 32.2. The van der Waals surface area contributed by atoms with Crippen LogP contribution in [0.25, 0.3) is 43.8 Å². The van der Waals surface area contributed by atoms with Crippen molar-refractivity contribution in [2.75, 3.05) is 7.11 Å². The van der Waals surface area contributed by atoms with Gasteiger partial charge in [0.25, 0.3) is 0 Å². The van der Waals surface area contributed by atoms with Crippen LogP contribution < -0.4 is 4.74 Å². The number of fused-ring (bicyclic) bond motifs is 6. The molecule has 0 N–H and O–H groups in total. The Morgan fingerprint density at radius 3 is 1.36 bits per heavy atom. The first kappa shape index (κ1) is 25.0. The number of rotatable bonds is 4. The van der Waals surface area contributed by atoms with Gasteiger partial charge in [0.2, 0.25) is 0 Å². The molecule has 8 rings (SSSR count). The van der Waals surface area contributed by atoms with Crippen molar-refractivity contribution in [3.05, 3.63) is 162 Å². The SMILES string of the molecule is COc1ccc(-c2ccc(-c3ccc(C4c5c(ccc6ccccc56)Sc5ccc6ccccc6c54)cc3)cc2)cc1. The summed E-state index contributed by atoms with van der Waals surface area (Å²) >= 11 is 1.91. The van der Waals surface area contributed by atoms with Gasteiger partial charge < -0.3 is 4.74 Å². The van der Waals surface area contributed by atoms with Gasteiger partial charge in [0.15, 0.2) is 0 Å². The summed E-state index contributed by atoms with van der Waals surface area (Å²) in [6.07, 6.45) is 0. The molecular weight excluding hydrogens is 529 g/mol. The fraction of sp³-hybridized carbons (Fsp3) is 0.0500. The fourth-order valence-electron chi connectivity index (χ4n) is 6.43. The Balaban J connectivity index is 1.23. The summed E-state index contributed by atoms with van der Waals surface area (Å²) in [7, 11) is 1.70. The van der Waals surface area contributed by atoms with Crippen LogP contribution in [-0.2, 0) is 0 Å². The third kappa shape index (κ3) is 4.19. The maximum Gasteiger partial charge on any atom is 0.118 e. The summed E-state index contributed by atoms with van der Waals surface area (Å²) in [4.78, 5) is 2.69. The van der Waals surface area contributed by atoms with Gasteiger partial charge in [0.1, 0.15) is 5.75 Å². The zero-order chi connectivity index (χ0) is 28.0. The number of hydrogen-bond donors (Lipinski definition) is 0. The Kier molecular flexibility index (Phi) is 6.09. The molecule has 0 amide bonds. The van der Waals surface area contributed by atoms with Crippen molar-refractivity contribution in [1.29, 1.82) is 0 Å². The highest BCUT2D eigenvalue weighted by Crippen LogP contribution is 2.53. The van der Waals surface area contributed by atoms with E-state index in [0.29, 0.717) is 0 Å². The Morgan fingerprint density at radius 1 is 0.452 bits per heavy atom. The molecule has 0 saturated carbocycles. The third-order valence-corrected chi connectivity index (χ3v) is 9.70. The molecule has 1 aliphatic heterocycles. The van der Waals surface area contributed by atoms with Crippen LogP contribution in [0.4, 0.5) is 0 Å². The lowest BCUT2D eigenvalue weighted by molar-refractivity contribution is 0.415. The fourth-order valence-corrected chi connectivity index (χ4v) is 7.61. The van der Waals surface area contributed by atoms with Gasteiger partial charge in [-0.1, -0.05) is 133 Å². The minimum absolute atomic E-state index is 0.153. The van der Waals surface area contributed by atoms with Crippen molar-refractivity contribution >= 4 is 33.3 Å². The third-order valence-electron chi connectivity index (χ3n) is 8.54. The van der Waals surface area contributed by atoms with Crippen LogP contribution in [0.5, 0.6) is 5.75 Å².